The number of methoxy groups -OCH3 is 1. The summed E-state index contributed by atoms with van der Waals surface area (Å²) in [6.07, 6.45) is 4.01. The molecule has 1 aromatic rings. The molecular weight excluding hydrogens is 320 g/mol. The molecule has 1 atom stereocenters. The van der Waals surface area contributed by atoms with Crippen LogP contribution in [0.3, 0.4) is 0 Å². The van der Waals surface area contributed by atoms with E-state index >= 15 is 0 Å². The second-order valence-electron chi connectivity index (χ2n) is 8.30. The van der Waals surface area contributed by atoms with Gasteiger partial charge in [0.2, 0.25) is 5.91 Å². The zero-order valence-electron chi connectivity index (χ0n) is 15.8. The van der Waals surface area contributed by atoms with Crippen LogP contribution in [0.2, 0.25) is 0 Å². The van der Waals surface area contributed by atoms with Gasteiger partial charge in [0.15, 0.2) is 0 Å². The fourth-order valence-electron chi connectivity index (χ4n) is 3.56. The molecule has 1 unspecified atom stereocenters. The number of carbonyl (C=O) groups excluding carboxylic acids is 1. The number of piperidine rings is 1. The molecule has 2 fully saturated rings. The number of aromatic nitrogens is 3. The van der Waals surface area contributed by atoms with Crippen LogP contribution in [0.1, 0.15) is 64.2 Å². The molecule has 7 heteroatoms. The number of carbonyl (C=O) groups is 1. The topological polar surface area (TPSA) is 69.4 Å². The van der Waals surface area contributed by atoms with Crippen molar-refractivity contribution >= 4 is 5.91 Å². The van der Waals surface area contributed by atoms with Crippen molar-refractivity contribution < 1.29 is 9.53 Å². The van der Waals surface area contributed by atoms with Crippen LogP contribution in [-0.2, 0) is 16.1 Å². The first-order valence-corrected chi connectivity index (χ1v) is 9.30. The van der Waals surface area contributed by atoms with Gasteiger partial charge < -0.3 is 9.64 Å². The smallest absolute Gasteiger partial charge is 0.346 e. The highest BCUT2D eigenvalue weighted by Gasteiger charge is 2.36. The van der Waals surface area contributed by atoms with Crippen molar-refractivity contribution in [2.75, 3.05) is 26.8 Å². The molecule has 1 aliphatic heterocycles. The Kier molecular flexibility index (Phi) is 5.04. The summed E-state index contributed by atoms with van der Waals surface area (Å²) in [5.41, 5.74) is -0.413. The van der Waals surface area contributed by atoms with E-state index < -0.39 is 0 Å². The van der Waals surface area contributed by atoms with Gasteiger partial charge in [-0.1, -0.05) is 20.8 Å². The molecule has 3 rings (SSSR count). The summed E-state index contributed by atoms with van der Waals surface area (Å²) in [5.74, 6) is 1.17. The Bertz CT molecular complexity index is 681. The second-order valence-corrected chi connectivity index (χ2v) is 8.30. The van der Waals surface area contributed by atoms with E-state index in [1.165, 1.54) is 4.68 Å². The third kappa shape index (κ3) is 3.81. The van der Waals surface area contributed by atoms with Crippen LogP contribution in [0, 0.1) is 5.41 Å². The summed E-state index contributed by atoms with van der Waals surface area (Å²) in [7, 11) is 1.63. The standard InChI is InChI=1S/C18H30N4O3/c1-18(2,3)16(23)20-9-5-6-13(12-20)15-19-21(10-11-25-4)17(24)22(15)14-7-8-14/h13-14H,5-12H2,1-4H3. The van der Waals surface area contributed by atoms with Gasteiger partial charge in [-0.15, -0.1) is 0 Å². The number of amides is 1. The van der Waals surface area contributed by atoms with Crippen molar-refractivity contribution in [3.8, 4) is 0 Å². The molecule has 1 saturated carbocycles. The van der Waals surface area contributed by atoms with E-state index in [0.29, 0.717) is 19.7 Å². The Morgan fingerprint density at radius 3 is 2.60 bits per heavy atom. The first kappa shape index (κ1) is 18.2. The molecule has 140 valence electrons. The van der Waals surface area contributed by atoms with Crippen LogP contribution >= 0.6 is 0 Å². The summed E-state index contributed by atoms with van der Waals surface area (Å²) in [6, 6.07) is 0.285. The molecule has 1 aromatic heterocycles. The Morgan fingerprint density at radius 2 is 2.00 bits per heavy atom. The average molecular weight is 350 g/mol. The van der Waals surface area contributed by atoms with E-state index in [9.17, 15) is 9.59 Å². The molecule has 0 N–H and O–H groups in total. The van der Waals surface area contributed by atoms with E-state index in [1.54, 1.807) is 7.11 Å². The Balaban J connectivity index is 1.85. The van der Waals surface area contributed by atoms with Gasteiger partial charge in [-0.3, -0.25) is 9.36 Å². The number of rotatable bonds is 5. The summed E-state index contributed by atoms with van der Waals surface area (Å²) < 4.78 is 8.51. The molecule has 2 aliphatic rings. The van der Waals surface area contributed by atoms with Crippen molar-refractivity contribution in [2.45, 2.75) is 65.0 Å². The normalized spacial score (nSPS) is 21.6. The van der Waals surface area contributed by atoms with Crippen molar-refractivity contribution in [1.29, 1.82) is 0 Å². The van der Waals surface area contributed by atoms with Gasteiger partial charge in [0, 0.05) is 37.6 Å². The first-order valence-electron chi connectivity index (χ1n) is 9.30. The molecule has 0 bridgehead atoms. The third-order valence-electron chi connectivity index (χ3n) is 5.03. The molecule has 1 aliphatic carbocycles. The van der Waals surface area contributed by atoms with Gasteiger partial charge in [0.1, 0.15) is 5.82 Å². The van der Waals surface area contributed by atoms with E-state index in [0.717, 1.165) is 38.1 Å². The van der Waals surface area contributed by atoms with Crippen LogP contribution < -0.4 is 5.69 Å². The van der Waals surface area contributed by atoms with E-state index in [4.69, 9.17) is 4.74 Å². The fraction of sp³-hybridized carbons (Fsp3) is 0.833. The molecule has 1 amide bonds. The zero-order chi connectivity index (χ0) is 18.2. The SMILES string of the molecule is COCCn1nc(C2CCCN(C(=O)C(C)(C)C)C2)n(C2CC2)c1=O. The predicted octanol–water partition coefficient (Wildman–Crippen LogP) is 1.78. The highest BCUT2D eigenvalue weighted by atomic mass is 16.5. The summed E-state index contributed by atoms with van der Waals surface area (Å²) >= 11 is 0. The van der Waals surface area contributed by atoms with Crippen LogP contribution in [0.25, 0.3) is 0 Å². The Labute approximate surface area is 148 Å². The highest BCUT2D eigenvalue weighted by molar-refractivity contribution is 5.81. The maximum atomic E-state index is 12.7. The summed E-state index contributed by atoms with van der Waals surface area (Å²) in [4.78, 5) is 27.3. The number of ether oxygens (including phenoxy) is 1. The minimum atomic E-state index is -0.379. The summed E-state index contributed by atoms with van der Waals surface area (Å²) in [6.45, 7) is 8.27. The lowest BCUT2D eigenvalue weighted by Gasteiger charge is -2.36. The van der Waals surface area contributed by atoms with Gasteiger partial charge in [-0.05, 0) is 25.7 Å². The molecule has 0 spiro atoms. The highest BCUT2D eigenvalue weighted by Crippen LogP contribution is 2.37. The van der Waals surface area contributed by atoms with Gasteiger partial charge >= 0.3 is 5.69 Å². The minimum Gasteiger partial charge on any atom is -0.383 e. The van der Waals surface area contributed by atoms with E-state index in [1.807, 2.05) is 30.2 Å². The number of hydrogen-bond acceptors (Lipinski definition) is 4. The van der Waals surface area contributed by atoms with Crippen LogP contribution in [0.4, 0.5) is 0 Å². The minimum absolute atomic E-state index is 0.0335. The fourth-order valence-corrected chi connectivity index (χ4v) is 3.56. The quantitative estimate of drug-likeness (QED) is 0.812. The van der Waals surface area contributed by atoms with Crippen molar-refractivity contribution in [3.63, 3.8) is 0 Å². The first-order chi connectivity index (χ1) is 11.8. The molecule has 1 saturated heterocycles. The van der Waals surface area contributed by atoms with Gasteiger partial charge in [0.05, 0.1) is 13.2 Å². The van der Waals surface area contributed by atoms with Crippen LogP contribution in [0.5, 0.6) is 0 Å². The second kappa shape index (κ2) is 6.94. The van der Waals surface area contributed by atoms with Crippen molar-refractivity contribution in [1.82, 2.24) is 19.2 Å². The lowest BCUT2D eigenvalue weighted by molar-refractivity contribution is -0.140. The van der Waals surface area contributed by atoms with Crippen molar-refractivity contribution in [3.05, 3.63) is 16.3 Å². The number of likely N-dealkylation sites (tertiary alicyclic amines) is 1. The Morgan fingerprint density at radius 1 is 1.28 bits per heavy atom. The van der Waals surface area contributed by atoms with Crippen molar-refractivity contribution in [2.24, 2.45) is 5.41 Å². The largest absolute Gasteiger partial charge is 0.383 e. The Hall–Kier alpha value is -1.63. The van der Waals surface area contributed by atoms with E-state index in [-0.39, 0.29) is 29.0 Å². The average Bonchev–Trinajstić information content (AvgIpc) is 3.35. The van der Waals surface area contributed by atoms with Gasteiger partial charge in [-0.2, -0.15) is 5.10 Å². The van der Waals surface area contributed by atoms with Crippen LogP contribution in [0.15, 0.2) is 4.79 Å². The molecule has 0 radical (unpaired) electrons. The van der Waals surface area contributed by atoms with Gasteiger partial charge in [0.25, 0.3) is 0 Å². The maximum Gasteiger partial charge on any atom is 0.346 e. The molecule has 2 heterocycles. The maximum absolute atomic E-state index is 12.7. The summed E-state index contributed by atoms with van der Waals surface area (Å²) in [5, 5.41) is 4.64. The lowest BCUT2D eigenvalue weighted by atomic mass is 9.91. The predicted molar refractivity (Wildman–Crippen MR) is 94.6 cm³/mol. The number of hydrogen-bond donors (Lipinski definition) is 0. The van der Waals surface area contributed by atoms with Gasteiger partial charge in [-0.25, -0.2) is 9.48 Å². The zero-order valence-corrected chi connectivity index (χ0v) is 15.8. The molecule has 7 nitrogen and oxygen atoms in total. The number of nitrogens with zero attached hydrogens (tertiary/aromatic N) is 4. The monoisotopic (exact) mass is 350 g/mol. The lowest BCUT2D eigenvalue weighted by Crippen LogP contribution is -2.45. The molecule has 0 aromatic carbocycles. The molecule has 25 heavy (non-hydrogen) atoms. The van der Waals surface area contributed by atoms with E-state index in [2.05, 4.69) is 5.10 Å². The molecular formula is C18H30N4O3. The van der Waals surface area contributed by atoms with Crippen LogP contribution in [-0.4, -0.2) is 52.0 Å². The third-order valence-corrected chi connectivity index (χ3v) is 5.03.